The molecule has 1 aromatic rings. The first-order valence-corrected chi connectivity index (χ1v) is 7.62. The van der Waals surface area contributed by atoms with Crippen molar-refractivity contribution in [2.24, 2.45) is 5.73 Å². The first kappa shape index (κ1) is 15.2. The van der Waals surface area contributed by atoms with E-state index >= 15 is 0 Å². The van der Waals surface area contributed by atoms with Gasteiger partial charge in [0.1, 0.15) is 4.99 Å². The molecule has 0 aliphatic heterocycles. The van der Waals surface area contributed by atoms with E-state index in [0.29, 0.717) is 4.99 Å². The molecule has 0 spiro atoms. The summed E-state index contributed by atoms with van der Waals surface area (Å²) in [7, 11) is 0. The van der Waals surface area contributed by atoms with Crippen LogP contribution in [0.2, 0.25) is 0 Å². The maximum absolute atomic E-state index is 10.2. The Bertz CT molecular complexity index is 504. The molecule has 110 valence electrons. The maximum atomic E-state index is 10.2. The normalized spacial score (nSPS) is 23.1. The van der Waals surface area contributed by atoms with E-state index in [1.165, 1.54) is 6.42 Å². The van der Waals surface area contributed by atoms with Crippen molar-refractivity contribution in [1.82, 2.24) is 4.98 Å². The van der Waals surface area contributed by atoms with Crippen molar-refractivity contribution in [3.8, 4) is 0 Å². The number of hydrogen-bond acceptors (Lipinski definition) is 4. The van der Waals surface area contributed by atoms with E-state index in [1.54, 1.807) is 0 Å². The Kier molecular flexibility index (Phi) is 4.94. The van der Waals surface area contributed by atoms with Crippen LogP contribution < -0.4 is 11.1 Å². The Hall–Kier alpha value is -1.20. The average molecular weight is 293 g/mol. The van der Waals surface area contributed by atoms with Crippen LogP contribution >= 0.6 is 12.2 Å². The molecule has 0 saturated heterocycles. The molecular formula is C15H23N3OS. The summed E-state index contributed by atoms with van der Waals surface area (Å²) in [6.07, 6.45) is 4.93. The van der Waals surface area contributed by atoms with Gasteiger partial charge in [0.05, 0.1) is 17.7 Å². The third kappa shape index (κ3) is 3.46. The minimum atomic E-state index is -0.314. The fourth-order valence-electron chi connectivity index (χ4n) is 2.91. The Labute approximate surface area is 125 Å². The molecule has 1 heterocycles. The highest BCUT2D eigenvalue weighted by Gasteiger charge is 2.23. The molecule has 0 radical (unpaired) electrons. The van der Waals surface area contributed by atoms with Gasteiger partial charge in [-0.2, -0.15) is 0 Å². The lowest BCUT2D eigenvalue weighted by Crippen LogP contribution is -2.33. The van der Waals surface area contributed by atoms with Crippen molar-refractivity contribution in [1.29, 1.82) is 0 Å². The summed E-state index contributed by atoms with van der Waals surface area (Å²) in [5, 5.41) is 13.7. The van der Waals surface area contributed by atoms with Gasteiger partial charge in [0, 0.05) is 17.1 Å². The van der Waals surface area contributed by atoms with Gasteiger partial charge < -0.3 is 16.2 Å². The molecule has 1 aliphatic carbocycles. The number of nitrogens with one attached hydrogen (secondary N) is 1. The van der Waals surface area contributed by atoms with Crippen molar-refractivity contribution in [2.45, 2.75) is 58.1 Å². The second kappa shape index (κ2) is 6.50. The number of aromatic nitrogens is 1. The number of aryl methyl sites for hydroxylation is 2. The number of anilines is 1. The largest absolute Gasteiger partial charge is 0.391 e. The highest BCUT2D eigenvalue weighted by molar-refractivity contribution is 7.80. The molecule has 1 aliphatic rings. The average Bonchev–Trinajstić information content (AvgIpc) is 2.53. The molecule has 1 saturated carbocycles. The van der Waals surface area contributed by atoms with Crippen LogP contribution in [-0.4, -0.2) is 27.2 Å². The third-order valence-electron chi connectivity index (χ3n) is 3.90. The van der Waals surface area contributed by atoms with Gasteiger partial charge >= 0.3 is 0 Å². The van der Waals surface area contributed by atoms with Crippen molar-refractivity contribution >= 4 is 22.9 Å². The van der Waals surface area contributed by atoms with Gasteiger partial charge in [0.25, 0.3) is 0 Å². The van der Waals surface area contributed by atoms with Crippen molar-refractivity contribution in [2.75, 3.05) is 5.32 Å². The van der Waals surface area contributed by atoms with Crippen molar-refractivity contribution in [3.63, 3.8) is 0 Å². The SMILES string of the molecule is Cc1cc(NC2CCCCCC2O)c(C(N)=S)c(C)n1. The molecule has 2 unspecified atom stereocenters. The van der Waals surface area contributed by atoms with Crippen LogP contribution in [-0.2, 0) is 0 Å². The number of aliphatic hydroxyl groups excluding tert-OH is 1. The number of pyridine rings is 1. The van der Waals surface area contributed by atoms with E-state index in [0.717, 1.165) is 48.3 Å². The van der Waals surface area contributed by atoms with Gasteiger partial charge in [-0.25, -0.2) is 0 Å². The topological polar surface area (TPSA) is 71.2 Å². The summed E-state index contributed by atoms with van der Waals surface area (Å²) in [6, 6.07) is 2.02. The molecule has 0 bridgehead atoms. The van der Waals surface area contributed by atoms with Crippen LogP contribution in [0.15, 0.2) is 6.07 Å². The molecule has 2 atom stereocenters. The summed E-state index contributed by atoms with van der Waals surface area (Å²) in [5.74, 6) is 0. The standard InChI is InChI=1S/C15H23N3OS/c1-9-8-12(14(15(16)20)10(2)17-9)18-11-6-4-3-5-7-13(11)19/h8,11,13,19H,3-7H2,1-2H3,(H2,16,20)(H,17,18). The van der Waals surface area contributed by atoms with Gasteiger partial charge in [-0.15, -0.1) is 0 Å². The zero-order valence-electron chi connectivity index (χ0n) is 12.1. The van der Waals surface area contributed by atoms with Crippen LogP contribution in [0, 0.1) is 13.8 Å². The zero-order valence-corrected chi connectivity index (χ0v) is 13.0. The Balaban J connectivity index is 2.29. The van der Waals surface area contributed by atoms with E-state index < -0.39 is 0 Å². The van der Waals surface area contributed by atoms with E-state index in [2.05, 4.69) is 10.3 Å². The van der Waals surface area contributed by atoms with E-state index in [9.17, 15) is 5.11 Å². The molecule has 2 rings (SSSR count). The molecule has 4 nitrogen and oxygen atoms in total. The predicted octanol–water partition coefficient (Wildman–Crippen LogP) is 2.44. The molecule has 1 fully saturated rings. The highest BCUT2D eigenvalue weighted by atomic mass is 32.1. The molecule has 0 amide bonds. The highest BCUT2D eigenvalue weighted by Crippen LogP contribution is 2.25. The fourth-order valence-corrected chi connectivity index (χ4v) is 3.17. The first-order chi connectivity index (χ1) is 9.49. The van der Waals surface area contributed by atoms with Crippen LogP contribution in [0.5, 0.6) is 0 Å². The quantitative estimate of drug-likeness (QED) is 0.590. The molecule has 20 heavy (non-hydrogen) atoms. The van der Waals surface area contributed by atoms with Crippen molar-refractivity contribution < 1.29 is 5.11 Å². The maximum Gasteiger partial charge on any atom is 0.107 e. The monoisotopic (exact) mass is 293 g/mol. The van der Waals surface area contributed by atoms with E-state index in [1.807, 2.05) is 19.9 Å². The molecular weight excluding hydrogens is 270 g/mol. The third-order valence-corrected chi connectivity index (χ3v) is 4.10. The van der Waals surface area contributed by atoms with E-state index in [-0.39, 0.29) is 12.1 Å². The number of rotatable bonds is 3. The number of nitrogens with two attached hydrogens (primary N) is 1. The number of thiocarbonyl (C=S) groups is 1. The first-order valence-electron chi connectivity index (χ1n) is 7.21. The number of nitrogens with zero attached hydrogens (tertiary/aromatic N) is 1. The van der Waals surface area contributed by atoms with Gasteiger partial charge in [0.2, 0.25) is 0 Å². The fraction of sp³-hybridized carbons (Fsp3) is 0.600. The summed E-state index contributed by atoms with van der Waals surface area (Å²) in [4.78, 5) is 4.76. The summed E-state index contributed by atoms with van der Waals surface area (Å²) in [6.45, 7) is 3.86. The smallest absolute Gasteiger partial charge is 0.107 e. The lowest BCUT2D eigenvalue weighted by Gasteiger charge is -2.25. The van der Waals surface area contributed by atoms with Gasteiger partial charge in [-0.05, 0) is 32.8 Å². The Morgan fingerprint density at radius 1 is 1.35 bits per heavy atom. The lowest BCUT2D eigenvalue weighted by molar-refractivity contribution is 0.144. The van der Waals surface area contributed by atoms with Crippen LogP contribution in [0.4, 0.5) is 5.69 Å². The number of aliphatic hydroxyl groups is 1. The lowest BCUT2D eigenvalue weighted by atomic mass is 10.0. The molecule has 4 N–H and O–H groups in total. The minimum Gasteiger partial charge on any atom is -0.391 e. The van der Waals surface area contributed by atoms with Crippen LogP contribution in [0.1, 0.15) is 49.1 Å². The zero-order chi connectivity index (χ0) is 14.7. The van der Waals surface area contributed by atoms with Crippen molar-refractivity contribution in [3.05, 3.63) is 23.0 Å². The second-order valence-corrected chi connectivity index (χ2v) is 6.03. The van der Waals surface area contributed by atoms with Gasteiger partial charge in [-0.3, -0.25) is 4.98 Å². The molecule has 5 heteroatoms. The Morgan fingerprint density at radius 2 is 2.05 bits per heavy atom. The van der Waals surface area contributed by atoms with Gasteiger partial charge in [-0.1, -0.05) is 31.5 Å². The predicted molar refractivity (Wildman–Crippen MR) is 86.1 cm³/mol. The van der Waals surface area contributed by atoms with Crippen LogP contribution in [0.3, 0.4) is 0 Å². The van der Waals surface area contributed by atoms with Crippen LogP contribution in [0.25, 0.3) is 0 Å². The second-order valence-electron chi connectivity index (χ2n) is 5.59. The Morgan fingerprint density at radius 3 is 2.75 bits per heavy atom. The van der Waals surface area contributed by atoms with E-state index in [4.69, 9.17) is 18.0 Å². The number of hydrogen-bond donors (Lipinski definition) is 3. The minimum absolute atomic E-state index is 0.0619. The summed E-state index contributed by atoms with van der Waals surface area (Å²) < 4.78 is 0. The van der Waals surface area contributed by atoms with Gasteiger partial charge in [0.15, 0.2) is 0 Å². The molecule has 1 aromatic heterocycles. The summed E-state index contributed by atoms with van der Waals surface area (Å²) >= 11 is 5.14. The molecule has 0 aromatic carbocycles. The summed E-state index contributed by atoms with van der Waals surface area (Å²) in [5.41, 5.74) is 9.28.